The summed E-state index contributed by atoms with van der Waals surface area (Å²) in [5, 5.41) is 68.1. The van der Waals surface area contributed by atoms with E-state index in [1.165, 1.54) is 12.3 Å². The SMILES string of the molecule is CC(=O)N[C@H]1[C@H]([C@H](O)[C@H](O)CO)OC(C(=O)N[C@@H](CCC(N)=O)C(=O)NC[C@H]2O[C@@H](n3ccc(N)nc3=O)[C@H](O)[C@@H]2O)=C[C@@H]1O. The van der Waals surface area contributed by atoms with Crippen LogP contribution in [0.5, 0.6) is 0 Å². The molecule has 0 aromatic carbocycles. The van der Waals surface area contributed by atoms with Crippen LogP contribution in [0.3, 0.4) is 0 Å². The number of hydrogen-bond acceptors (Lipinski definition) is 15. The molecule has 2 aliphatic heterocycles. The number of aliphatic hydroxyl groups is 6. The number of carbonyl (C=O) groups excluding carboxylic acids is 4. The summed E-state index contributed by atoms with van der Waals surface area (Å²) in [6.07, 6.45) is -11.3. The minimum atomic E-state index is -1.89. The number of aromatic nitrogens is 2. The molecule has 3 heterocycles. The molecule has 250 valence electrons. The van der Waals surface area contributed by atoms with Gasteiger partial charge in [-0.2, -0.15) is 4.98 Å². The monoisotopic (exact) mass is 643 g/mol. The lowest BCUT2D eigenvalue weighted by atomic mass is 9.93. The highest BCUT2D eigenvalue weighted by Crippen LogP contribution is 2.28. The number of hydrogen-bond donors (Lipinski definition) is 11. The first kappa shape index (κ1) is 35.3. The maximum atomic E-state index is 13.1. The van der Waals surface area contributed by atoms with Gasteiger partial charge in [0.15, 0.2) is 18.1 Å². The third-order valence-corrected chi connectivity index (χ3v) is 7.06. The molecule has 1 aromatic rings. The largest absolute Gasteiger partial charge is 0.480 e. The van der Waals surface area contributed by atoms with E-state index in [-0.39, 0.29) is 18.7 Å². The Labute approximate surface area is 254 Å². The molecule has 0 aliphatic carbocycles. The third-order valence-electron chi connectivity index (χ3n) is 7.06. The van der Waals surface area contributed by atoms with Crippen molar-refractivity contribution in [3.8, 4) is 0 Å². The highest BCUT2D eigenvalue weighted by Gasteiger charge is 2.45. The van der Waals surface area contributed by atoms with Gasteiger partial charge in [-0.3, -0.25) is 23.7 Å². The van der Waals surface area contributed by atoms with E-state index in [0.717, 1.165) is 17.6 Å². The van der Waals surface area contributed by atoms with Crippen molar-refractivity contribution in [2.75, 3.05) is 18.9 Å². The van der Waals surface area contributed by atoms with Crippen LogP contribution in [0.15, 0.2) is 28.9 Å². The summed E-state index contributed by atoms with van der Waals surface area (Å²) in [5.74, 6) is -4.17. The van der Waals surface area contributed by atoms with E-state index >= 15 is 0 Å². The van der Waals surface area contributed by atoms with Crippen LogP contribution >= 0.6 is 0 Å². The van der Waals surface area contributed by atoms with Gasteiger partial charge in [-0.15, -0.1) is 0 Å². The summed E-state index contributed by atoms with van der Waals surface area (Å²) >= 11 is 0. The predicted octanol–water partition coefficient (Wildman–Crippen LogP) is -6.83. The third kappa shape index (κ3) is 8.72. The summed E-state index contributed by atoms with van der Waals surface area (Å²) in [7, 11) is 0. The summed E-state index contributed by atoms with van der Waals surface area (Å²) in [4.78, 5) is 64.9. The van der Waals surface area contributed by atoms with Gasteiger partial charge < -0.3 is 67.5 Å². The number of nitrogens with zero attached hydrogens (tertiary/aromatic N) is 2. The van der Waals surface area contributed by atoms with Crippen LogP contribution in [-0.4, -0.2) is 132 Å². The molecule has 20 nitrogen and oxygen atoms in total. The van der Waals surface area contributed by atoms with E-state index in [1.807, 2.05) is 0 Å². The quantitative estimate of drug-likeness (QED) is 0.0951. The standard InChI is InChI=1S/C25H37N7O13/c1-9(34)29-17-11(35)6-13(44-21(17)18(38)12(36)8-33)23(42)30-10(2-3-16(27)37)22(41)28-7-14-19(39)20(40)24(45-14)32-5-4-15(26)31-25(32)43/h4-6,10-12,14,17-21,24,33,35-36,38-40H,2-3,7-8H2,1H3,(H2,27,37)(H,28,41)(H,29,34)(H,30,42)(H2,26,31,43)/t10-,11-,12+,14+,17+,18+,19+,20+,21+,24+/m0/s1. The summed E-state index contributed by atoms with van der Waals surface area (Å²) in [5.41, 5.74) is 9.80. The van der Waals surface area contributed by atoms with Gasteiger partial charge in [0.2, 0.25) is 17.7 Å². The lowest BCUT2D eigenvalue weighted by Gasteiger charge is -2.38. The molecule has 0 unspecified atom stereocenters. The fourth-order valence-corrected chi connectivity index (χ4v) is 4.71. The molecule has 20 heteroatoms. The highest BCUT2D eigenvalue weighted by atomic mass is 16.6. The Morgan fingerprint density at radius 2 is 1.84 bits per heavy atom. The first-order valence-electron chi connectivity index (χ1n) is 13.7. The molecule has 10 atom stereocenters. The maximum Gasteiger partial charge on any atom is 0.351 e. The first-order valence-corrected chi connectivity index (χ1v) is 13.7. The lowest BCUT2D eigenvalue weighted by molar-refractivity contribution is -0.141. The number of carbonyl (C=O) groups is 4. The number of rotatable bonds is 13. The second-order valence-electron chi connectivity index (χ2n) is 10.4. The Balaban J connectivity index is 1.73. The van der Waals surface area contributed by atoms with Crippen LogP contribution in [0.4, 0.5) is 5.82 Å². The zero-order valence-corrected chi connectivity index (χ0v) is 23.9. The molecular weight excluding hydrogens is 606 g/mol. The van der Waals surface area contributed by atoms with Gasteiger partial charge in [-0.25, -0.2) is 4.79 Å². The molecule has 2 aliphatic rings. The van der Waals surface area contributed by atoms with Crippen LogP contribution in [0, 0.1) is 0 Å². The number of amides is 4. The van der Waals surface area contributed by atoms with Crippen molar-refractivity contribution in [3.05, 3.63) is 34.6 Å². The van der Waals surface area contributed by atoms with Gasteiger partial charge in [-0.1, -0.05) is 0 Å². The van der Waals surface area contributed by atoms with E-state index < -0.39 is 109 Å². The Bertz CT molecular complexity index is 1340. The molecule has 1 saturated heterocycles. The maximum absolute atomic E-state index is 13.1. The van der Waals surface area contributed by atoms with Gasteiger partial charge >= 0.3 is 5.69 Å². The minimum Gasteiger partial charge on any atom is -0.480 e. The van der Waals surface area contributed by atoms with E-state index in [0.29, 0.717) is 0 Å². The molecule has 0 bridgehead atoms. The van der Waals surface area contributed by atoms with Crippen LogP contribution in [0.2, 0.25) is 0 Å². The minimum absolute atomic E-state index is 0.0805. The smallest absolute Gasteiger partial charge is 0.351 e. The van der Waals surface area contributed by atoms with Crippen molar-refractivity contribution < 1.29 is 59.3 Å². The number of primary amides is 1. The topological polar surface area (TPSA) is 331 Å². The number of aliphatic hydroxyl groups excluding tert-OH is 6. The van der Waals surface area contributed by atoms with Crippen molar-refractivity contribution in [1.29, 1.82) is 0 Å². The summed E-state index contributed by atoms with van der Waals surface area (Å²) < 4.78 is 11.9. The van der Waals surface area contributed by atoms with Gasteiger partial charge in [0.05, 0.1) is 12.6 Å². The van der Waals surface area contributed by atoms with Crippen LogP contribution in [-0.2, 0) is 28.7 Å². The molecule has 1 fully saturated rings. The first-order chi connectivity index (χ1) is 21.1. The van der Waals surface area contributed by atoms with Crippen molar-refractivity contribution in [3.63, 3.8) is 0 Å². The molecule has 0 saturated carbocycles. The van der Waals surface area contributed by atoms with Crippen molar-refractivity contribution in [1.82, 2.24) is 25.5 Å². The number of ether oxygens (including phenoxy) is 2. The van der Waals surface area contributed by atoms with E-state index in [9.17, 15) is 54.6 Å². The number of nitrogens with two attached hydrogens (primary N) is 2. The van der Waals surface area contributed by atoms with Crippen molar-refractivity contribution in [2.45, 2.75) is 80.8 Å². The van der Waals surface area contributed by atoms with Crippen molar-refractivity contribution >= 4 is 29.4 Å². The molecule has 0 spiro atoms. The highest BCUT2D eigenvalue weighted by molar-refractivity contribution is 5.96. The van der Waals surface area contributed by atoms with Crippen LogP contribution in [0.1, 0.15) is 26.0 Å². The van der Waals surface area contributed by atoms with E-state index in [4.69, 9.17) is 20.9 Å². The second kappa shape index (κ2) is 15.2. The number of nitrogens with one attached hydrogen (secondary N) is 3. The fourth-order valence-electron chi connectivity index (χ4n) is 4.71. The number of nitrogen functional groups attached to an aromatic ring is 1. The summed E-state index contributed by atoms with van der Waals surface area (Å²) in [6.45, 7) is -0.245. The molecule has 13 N–H and O–H groups in total. The number of anilines is 1. The molecule has 0 radical (unpaired) electrons. The molecule has 45 heavy (non-hydrogen) atoms. The Kier molecular flexibility index (Phi) is 11.9. The second-order valence-corrected chi connectivity index (χ2v) is 10.4. The zero-order chi connectivity index (χ0) is 33.6. The lowest BCUT2D eigenvalue weighted by Crippen LogP contribution is -2.60. The average molecular weight is 644 g/mol. The average Bonchev–Trinajstić information content (AvgIpc) is 3.26. The van der Waals surface area contributed by atoms with Crippen LogP contribution in [0.25, 0.3) is 0 Å². The van der Waals surface area contributed by atoms with Gasteiger partial charge in [0, 0.05) is 26.1 Å². The predicted molar refractivity (Wildman–Crippen MR) is 148 cm³/mol. The summed E-state index contributed by atoms with van der Waals surface area (Å²) in [6, 6.07) is -1.54. The fraction of sp³-hybridized carbons (Fsp3) is 0.600. The Morgan fingerprint density at radius 1 is 1.16 bits per heavy atom. The van der Waals surface area contributed by atoms with E-state index in [2.05, 4.69) is 20.9 Å². The zero-order valence-electron chi connectivity index (χ0n) is 23.9. The molecule has 3 rings (SSSR count). The normalized spacial score (nSPS) is 28.2. The van der Waals surface area contributed by atoms with Crippen molar-refractivity contribution in [2.24, 2.45) is 5.73 Å². The van der Waals surface area contributed by atoms with Gasteiger partial charge in [-0.05, 0) is 18.6 Å². The van der Waals surface area contributed by atoms with Gasteiger partial charge in [0.1, 0.15) is 48.5 Å². The van der Waals surface area contributed by atoms with Crippen LogP contribution < -0.4 is 33.1 Å². The molecule has 1 aromatic heterocycles. The molecular formula is C25H37N7O13. The Morgan fingerprint density at radius 3 is 2.44 bits per heavy atom. The molecule has 4 amide bonds. The Hall–Kier alpha value is -4.18. The van der Waals surface area contributed by atoms with Gasteiger partial charge in [0.25, 0.3) is 5.91 Å². The van der Waals surface area contributed by atoms with E-state index in [1.54, 1.807) is 0 Å².